The van der Waals surface area contributed by atoms with E-state index in [9.17, 15) is 53.1 Å². The average Bonchev–Trinajstić information content (AvgIpc) is 2.87. The Bertz CT molecular complexity index is 2780. The molecule has 1 heterocycles. The zero-order chi connectivity index (χ0) is 61.7. The minimum absolute atomic E-state index is 0.0195. The van der Waals surface area contributed by atoms with Gasteiger partial charge in [0.05, 0.1) is 6.54 Å². The van der Waals surface area contributed by atoms with Crippen molar-refractivity contribution in [3.05, 3.63) is 95.6 Å². The third-order valence-corrected chi connectivity index (χ3v) is 15.9. The van der Waals surface area contributed by atoms with E-state index >= 15 is 0 Å². The summed E-state index contributed by atoms with van der Waals surface area (Å²) in [6.07, 6.45) is 0.452. The molecular weight excluding hydrogens is 1060 g/mol. The maximum Gasteiger partial charge on any atom is 0.410 e. The molecule has 0 aromatic heterocycles. The Labute approximate surface area is 488 Å². The summed E-state index contributed by atoms with van der Waals surface area (Å²) in [5, 5.41) is 18.1. The zero-order valence-corrected chi connectivity index (χ0v) is 50.7. The molecule has 21 nitrogen and oxygen atoms in total. The van der Waals surface area contributed by atoms with Crippen LogP contribution in [0.5, 0.6) is 0 Å². The van der Waals surface area contributed by atoms with Crippen molar-refractivity contribution < 1.29 is 57.8 Å². The molecule has 0 saturated carbocycles. The smallest absolute Gasteiger partial charge is 0.410 e. The number of hydrogen-bond donors (Lipinski definition) is 4. The molecule has 2 aliphatic rings. The average molecular weight is 1150 g/mol. The van der Waals surface area contributed by atoms with Crippen LogP contribution in [0, 0.1) is 17.8 Å². The quantitative estimate of drug-likeness (QED) is 0.0850. The van der Waals surface area contributed by atoms with Crippen molar-refractivity contribution in [2.75, 3.05) is 54.9 Å². The lowest BCUT2D eigenvalue weighted by Crippen LogP contribution is -2.60. The fourth-order valence-electron chi connectivity index (χ4n) is 10.9. The van der Waals surface area contributed by atoms with Crippen LogP contribution in [0.2, 0.25) is 0 Å². The molecule has 7 unspecified atom stereocenters. The molecule has 3 aromatic carbocycles. The third kappa shape index (κ3) is 16.5. The first-order chi connectivity index (χ1) is 39.1. The van der Waals surface area contributed by atoms with E-state index in [0.29, 0.717) is 18.4 Å². The van der Waals surface area contributed by atoms with Crippen molar-refractivity contribution in [2.24, 2.45) is 17.8 Å². The normalized spacial score (nSPS) is 16.3. The Kier molecular flexibility index (Phi) is 23.4. The van der Waals surface area contributed by atoms with Gasteiger partial charge in [-0.1, -0.05) is 120 Å². The lowest BCUT2D eigenvalue weighted by molar-refractivity contribution is -0.154. The summed E-state index contributed by atoms with van der Waals surface area (Å²) in [4.78, 5) is 145. The number of aliphatic carboxylic acids is 1. The number of hydrogen-bond acceptors (Lipinski definition) is 11. The maximum atomic E-state index is 14.6. The van der Waals surface area contributed by atoms with Gasteiger partial charge in [-0.3, -0.25) is 43.3 Å². The molecule has 1 saturated heterocycles. The Morgan fingerprint density at radius 2 is 1.11 bits per heavy atom. The molecule has 1 aliphatic heterocycles. The molecule has 8 atom stereocenters. The van der Waals surface area contributed by atoms with Crippen molar-refractivity contribution in [1.29, 1.82) is 0 Å². The highest BCUT2D eigenvalue weighted by molar-refractivity contribution is 5.98. The van der Waals surface area contributed by atoms with Crippen molar-refractivity contribution in [3.63, 3.8) is 0 Å². The van der Waals surface area contributed by atoms with E-state index in [1.807, 2.05) is 76.2 Å². The topological polar surface area (TPSA) is 256 Å². The largest absolute Gasteiger partial charge is 0.480 e. The van der Waals surface area contributed by atoms with Crippen LogP contribution >= 0.6 is 0 Å². The van der Waals surface area contributed by atoms with Gasteiger partial charge in [0.25, 0.3) is 0 Å². The number of likely N-dealkylation sites (tertiary alicyclic amines) is 1. The first-order valence-electron chi connectivity index (χ1n) is 28.7. The Hall–Kier alpha value is -7.84. The number of ether oxygens (including phenoxy) is 1. The van der Waals surface area contributed by atoms with Crippen molar-refractivity contribution in [2.45, 2.75) is 149 Å². The van der Waals surface area contributed by atoms with Crippen molar-refractivity contribution >= 4 is 59.3 Å². The molecule has 452 valence electrons. The number of nitrogens with one attached hydrogen (secondary N) is 3. The lowest BCUT2D eigenvalue weighted by Gasteiger charge is -2.36. The second-order valence-electron chi connectivity index (χ2n) is 23.4. The minimum atomic E-state index is -1.20. The van der Waals surface area contributed by atoms with Crippen LogP contribution < -0.4 is 16.0 Å². The third-order valence-electron chi connectivity index (χ3n) is 15.9. The van der Waals surface area contributed by atoms with E-state index in [4.69, 9.17) is 4.74 Å². The van der Waals surface area contributed by atoms with Gasteiger partial charge in [0, 0.05) is 54.1 Å². The Morgan fingerprint density at radius 1 is 0.602 bits per heavy atom. The number of amides is 9. The summed E-state index contributed by atoms with van der Waals surface area (Å²) in [5.74, 6) is -6.84. The summed E-state index contributed by atoms with van der Waals surface area (Å²) < 4.78 is 5.78. The van der Waals surface area contributed by atoms with Crippen LogP contribution in [-0.4, -0.2) is 197 Å². The van der Waals surface area contributed by atoms with Crippen LogP contribution in [0.25, 0.3) is 11.1 Å². The molecule has 3 aromatic rings. The summed E-state index contributed by atoms with van der Waals surface area (Å²) in [5.41, 5.74) is 4.92. The molecule has 1 fully saturated rings. The van der Waals surface area contributed by atoms with Crippen LogP contribution in [0.4, 0.5) is 4.79 Å². The number of carboxylic acid groups (broad SMARTS) is 1. The highest BCUT2D eigenvalue weighted by Gasteiger charge is 2.43. The number of fused-ring (bicyclic) bond motifs is 3. The van der Waals surface area contributed by atoms with Gasteiger partial charge in [0.2, 0.25) is 47.3 Å². The van der Waals surface area contributed by atoms with Gasteiger partial charge in [-0.05, 0) is 92.0 Å². The Morgan fingerprint density at radius 3 is 1.63 bits per heavy atom. The van der Waals surface area contributed by atoms with E-state index in [-0.39, 0.29) is 50.2 Å². The van der Waals surface area contributed by atoms with Crippen LogP contribution in [-0.2, 0) is 54.3 Å². The van der Waals surface area contributed by atoms with Gasteiger partial charge in [0.15, 0.2) is 0 Å². The molecule has 0 spiro atoms. The number of likely N-dealkylation sites (N-methyl/N-ethyl adjacent to an activating group) is 5. The lowest BCUT2D eigenvalue weighted by atomic mass is 9.98. The molecule has 1 aliphatic carbocycles. The van der Waals surface area contributed by atoms with Gasteiger partial charge < -0.3 is 50.3 Å². The first-order valence-corrected chi connectivity index (χ1v) is 28.7. The first kappa shape index (κ1) is 66.0. The number of rotatable bonds is 26. The predicted octanol–water partition coefficient (Wildman–Crippen LogP) is 4.76. The number of carbonyl (C=O) groups is 10. The van der Waals surface area contributed by atoms with Gasteiger partial charge in [-0.2, -0.15) is 0 Å². The standard InChI is InChI=1S/C62H87N9O12/c1-36(2)31-48(64-55(74)41(9)68(12)62(82)83-35-47-45-27-20-18-25-43(45)44-26-19-21-28-46(44)47)58(77)66(10)34-52(72)67(11)40(8)54(73)65-49(32-37(3)4)59(78)69(13)51(33-42-23-16-15-17-24-42)56(75)63-39(7)57(76)70(14)53(38(5)6)60(79)71-30-22-29-50(71)61(80)81/h15-21,23-28,36-41,47-51,53H,22,29-35H2,1-14H3,(H,63,75)(H,64,74)(H,65,73)(H,80,81)/t39?,40?,41?,48?,49?,50-,51?,53?/m0/s1. The molecule has 0 bridgehead atoms. The summed E-state index contributed by atoms with van der Waals surface area (Å²) >= 11 is 0. The SMILES string of the molecule is CC(C)CC(NC(=O)C(C)N(C)C(=O)OCC1c2ccccc2-c2ccccc21)C(=O)N(C)CC(=O)N(C)C(C)C(=O)NC(CC(C)C)C(=O)N(C)C(Cc1ccccc1)C(=O)NC(C)C(=O)N(C)C(C(=O)N1CCC[C@H]1C(=O)O)C(C)C. The summed E-state index contributed by atoms with van der Waals surface area (Å²) in [7, 11) is 7.11. The molecule has 21 heteroatoms. The van der Waals surface area contributed by atoms with E-state index in [1.165, 1.54) is 75.6 Å². The molecule has 4 N–H and O–H groups in total. The fourth-order valence-corrected chi connectivity index (χ4v) is 10.9. The Balaban J connectivity index is 1.21. The number of benzene rings is 3. The summed E-state index contributed by atoms with van der Waals surface area (Å²) in [6, 6.07) is 15.9. The summed E-state index contributed by atoms with van der Waals surface area (Å²) in [6.45, 7) is 15.2. The molecule has 9 amide bonds. The van der Waals surface area contributed by atoms with Gasteiger partial charge in [0.1, 0.15) is 54.9 Å². The van der Waals surface area contributed by atoms with Gasteiger partial charge >= 0.3 is 12.1 Å². The van der Waals surface area contributed by atoms with E-state index in [2.05, 4.69) is 16.0 Å². The number of nitrogens with zero attached hydrogens (tertiary/aromatic N) is 6. The van der Waals surface area contributed by atoms with Gasteiger partial charge in [-0.25, -0.2) is 9.59 Å². The van der Waals surface area contributed by atoms with Crippen LogP contribution in [0.1, 0.15) is 111 Å². The van der Waals surface area contributed by atoms with Crippen LogP contribution in [0.15, 0.2) is 78.9 Å². The van der Waals surface area contributed by atoms with E-state index < -0.39 is 120 Å². The highest BCUT2D eigenvalue weighted by Crippen LogP contribution is 2.44. The predicted molar refractivity (Wildman–Crippen MR) is 313 cm³/mol. The van der Waals surface area contributed by atoms with E-state index in [1.54, 1.807) is 44.2 Å². The number of carboxylic acids is 1. The zero-order valence-electron chi connectivity index (χ0n) is 50.7. The van der Waals surface area contributed by atoms with Crippen LogP contribution in [0.3, 0.4) is 0 Å². The number of carbonyl (C=O) groups excluding carboxylic acids is 9. The maximum absolute atomic E-state index is 14.6. The van der Waals surface area contributed by atoms with Gasteiger partial charge in [-0.15, -0.1) is 0 Å². The fraction of sp³-hybridized carbons (Fsp3) is 0.548. The second kappa shape index (κ2) is 29.4. The molecule has 83 heavy (non-hydrogen) atoms. The monoisotopic (exact) mass is 1150 g/mol. The second-order valence-corrected chi connectivity index (χ2v) is 23.4. The van der Waals surface area contributed by atoms with E-state index in [0.717, 1.165) is 32.1 Å². The minimum Gasteiger partial charge on any atom is -0.480 e. The molecule has 5 rings (SSSR count). The molecule has 0 radical (unpaired) electrons. The van der Waals surface area contributed by atoms with Crippen molar-refractivity contribution in [3.8, 4) is 11.1 Å². The molecular formula is C62H87N9O12. The highest BCUT2D eigenvalue weighted by atomic mass is 16.6. The van der Waals surface area contributed by atoms with Crippen molar-refractivity contribution in [1.82, 2.24) is 45.3 Å².